The second kappa shape index (κ2) is 6.26. The second-order valence-corrected chi connectivity index (χ2v) is 4.89. The maximum Gasteiger partial charge on any atom is 0.194 e. The van der Waals surface area contributed by atoms with Gasteiger partial charge in [0.1, 0.15) is 5.82 Å². The molecule has 0 unspecified atom stereocenters. The average Bonchev–Trinajstić information content (AvgIpc) is 2.40. The summed E-state index contributed by atoms with van der Waals surface area (Å²) in [6.07, 6.45) is 0.0429. The van der Waals surface area contributed by atoms with E-state index in [9.17, 15) is 22.4 Å². The van der Waals surface area contributed by atoms with Crippen LogP contribution in [0, 0.1) is 23.3 Å². The molecule has 0 N–H and O–H groups in total. The highest BCUT2D eigenvalue weighted by molar-refractivity contribution is 6.30. The van der Waals surface area contributed by atoms with Crippen molar-refractivity contribution in [1.82, 2.24) is 0 Å². The molecule has 0 spiro atoms. The molecule has 0 aliphatic carbocycles. The Hall–Kier alpha value is -1.88. The number of carbonyl (C=O) groups is 1. The molecule has 0 amide bonds. The highest BCUT2D eigenvalue weighted by Crippen LogP contribution is 2.18. The van der Waals surface area contributed by atoms with E-state index >= 15 is 0 Å². The van der Waals surface area contributed by atoms with Crippen LogP contribution in [0.1, 0.15) is 22.3 Å². The van der Waals surface area contributed by atoms with Crippen LogP contribution in [-0.4, -0.2) is 5.78 Å². The number of hydrogen-bond acceptors (Lipinski definition) is 1. The second-order valence-electron chi connectivity index (χ2n) is 4.45. The van der Waals surface area contributed by atoms with Gasteiger partial charge in [-0.3, -0.25) is 4.79 Å². The lowest BCUT2D eigenvalue weighted by molar-refractivity contribution is 0.0981. The summed E-state index contributed by atoms with van der Waals surface area (Å²) in [5, 5.41) is 0.191. The van der Waals surface area contributed by atoms with Gasteiger partial charge in [-0.05, 0) is 42.3 Å². The fourth-order valence-electron chi connectivity index (χ4n) is 1.87. The van der Waals surface area contributed by atoms with Crippen LogP contribution in [-0.2, 0) is 6.42 Å². The molecule has 0 bridgehead atoms. The molecular formula is C15H9ClF4O. The Morgan fingerprint density at radius 2 is 1.57 bits per heavy atom. The molecule has 2 aromatic rings. The van der Waals surface area contributed by atoms with Crippen LogP contribution < -0.4 is 0 Å². The van der Waals surface area contributed by atoms with Crippen molar-refractivity contribution in [3.05, 3.63) is 69.8 Å². The van der Waals surface area contributed by atoms with Gasteiger partial charge in [-0.25, -0.2) is 17.6 Å². The third-order valence-electron chi connectivity index (χ3n) is 2.87. The zero-order valence-corrected chi connectivity index (χ0v) is 11.4. The van der Waals surface area contributed by atoms with Gasteiger partial charge in [0.2, 0.25) is 0 Å². The highest BCUT2D eigenvalue weighted by Gasteiger charge is 2.15. The van der Waals surface area contributed by atoms with Gasteiger partial charge in [-0.1, -0.05) is 11.6 Å². The topological polar surface area (TPSA) is 17.1 Å². The van der Waals surface area contributed by atoms with Crippen molar-refractivity contribution in [1.29, 1.82) is 0 Å². The molecule has 0 atom stereocenters. The van der Waals surface area contributed by atoms with E-state index in [0.717, 1.165) is 6.07 Å². The number of carbonyl (C=O) groups excluding carboxylic acids is 1. The monoisotopic (exact) mass is 316 g/mol. The quantitative estimate of drug-likeness (QED) is 0.453. The number of Topliss-reactive ketones (excluding diaryl/α,β-unsaturated/α-hetero) is 1. The molecule has 0 saturated heterocycles. The smallest absolute Gasteiger partial charge is 0.194 e. The van der Waals surface area contributed by atoms with Crippen molar-refractivity contribution < 1.29 is 22.4 Å². The zero-order valence-electron chi connectivity index (χ0n) is 10.6. The molecule has 0 radical (unpaired) electrons. The molecule has 0 aliphatic rings. The van der Waals surface area contributed by atoms with Crippen molar-refractivity contribution in [3.63, 3.8) is 0 Å². The molecule has 0 saturated carbocycles. The first kappa shape index (κ1) is 15.5. The SMILES string of the molecule is O=C(CCc1cc(F)cc(Cl)c1)c1cc(F)c(F)c(F)c1. The Bertz CT molecular complexity index is 657. The minimum atomic E-state index is -1.62. The van der Waals surface area contributed by atoms with Gasteiger partial charge in [0.05, 0.1) is 0 Å². The first-order valence-electron chi connectivity index (χ1n) is 5.99. The van der Waals surface area contributed by atoms with E-state index in [2.05, 4.69) is 0 Å². The average molecular weight is 317 g/mol. The van der Waals surface area contributed by atoms with Gasteiger partial charge in [0.15, 0.2) is 23.2 Å². The van der Waals surface area contributed by atoms with Crippen LogP contribution in [0.15, 0.2) is 30.3 Å². The number of aryl methyl sites for hydroxylation is 1. The van der Waals surface area contributed by atoms with Crippen molar-refractivity contribution in [3.8, 4) is 0 Å². The molecule has 6 heteroatoms. The number of rotatable bonds is 4. The molecular weight excluding hydrogens is 308 g/mol. The van der Waals surface area contributed by atoms with E-state index in [4.69, 9.17) is 11.6 Å². The summed E-state index contributed by atoms with van der Waals surface area (Å²) in [6.45, 7) is 0. The molecule has 1 nitrogen and oxygen atoms in total. The predicted molar refractivity (Wildman–Crippen MR) is 70.4 cm³/mol. The lowest BCUT2D eigenvalue weighted by Gasteiger charge is -2.04. The lowest BCUT2D eigenvalue weighted by atomic mass is 10.0. The molecule has 0 heterocycles. The fraction of sp³-hybridized carbons (Fsp3) is 0.133. The summed E-state index contributed by atoms with van der Waals surface area (Å²) in [7, 11) is 0. The van der Waals surface area contributed by atoms with Crippen LogP contribution in [0.4, 0.5) is 17.6 Å². The fourth-order valence-corrected chi connectivity index (χ4v) is 2.12. The zero-order chi connectivity index (χ0) is 15.6. The van der Waals surface area contributed by atoms with Gasteiger partial charge in [-0.2, -0.15) is 0 Å². The first-order valence-corrected chi connectivity index (χ1v) is 6.37. The summed E-state index contributed by atoms with van der Waals surface area (Å²) >= 11 is 5.68. The van der Waals surface area contributed by atoms with Crippen LogP contribution in [0.5, 0.6) is 0 Å². The summed E-state index contributed by atoms with van der Waals surface area (Å²) in [5.41, 5.74) is 0.213. The normalized spacial score (nSPS) is 10.7. The first-order chi connectivity index (χ1) is 9.86. The summed E-state index contributed by atoms with van der Waals surface area (Å²) in [6, 6.07) is 5.10. The van der Waals surface area contributed by atoms with E-state index < -0.39 is 29.1 Å². The van der Waals surface area contributed by atoms with E-state index in [1.807, 2.05) is 0 Å². The Morgan fingerprint density at radius 3 is 2.14 bits per heavy atom. The third kappa shape index (κ3) is 3.82. The van der Waals surface area contributed by atoms with Crippen LogP contribution >= 0.6 is 11.6 Å². The molecule has 0 aromatic heterocycles. The van der Waals surface area contributed by atoms with Gasteiger partial charge in [-0.15, -0.1) is 0 Å². The van der Waals surface area contributed by atoms with Crippen molar-refractivity contribution in [2.24, 2.45) is 0 Å². The summed E-state index contributed by atoms with van der Waals surface area (Å²) in [5.74, 6) is -5.58. The van der Waals surface area contributed by atoms with Gasteiger partial charge in [0.25, 0.3) is 0 Å². The maximum atomic E-state index is 13.1. The molecule has 0 aliphatic heterocycles. The molecule has 0 fully saturated rings. The van der Waals surface area contributed by atoms with E-state index in [0.29, 0.717) is 17.7 Å². The van der Waals surface area contributed by atoms with Gasteiger partial charge < -0.3 is 0 Å². The summed E-state index contributed by atoms with van der Waals surface area (Å²) < 4.78 is 52.0. The molecule has 110 valence electrons. The van der Waals surface area contributed by atoms with Crippen LogP contribution in [0.3, 0.4) is 0 Å². The lowest BCUT2D eigenvalue weighted by Crippen LogP contribution is -2.04. The Morgan fingerprint density at radius 1 is 0.952 bits per heavy atom. The molecule has 2 aromatic carbocycles. The standard InChI is InChI=1S/C15H9ClF4O/c16-10-3-8(4-11(17)7-10)1-2-14(21)9-5-12(18)15(20)13(19)6-9/h3-7H,1-2H2. The maximum absolute atomic E-state index is 13.1. The van der Waals surface area contributed by atoms with Gasteiger partial charge >= 0.3 is 0 Å². The Kier molecular flexibility index (Phi) is 4.63. The van der Waals surface area contributed by atoms with E-state index in [1.54, 1.807) is 0 Å². The molecule has 21 heavy (non-hydrogen) atoms. The van der Waals surface area contributed by atoms with Crippen molar-refractivity contribution >= 4 is 17.4 Å². The minimum Gasteiger partial charge on any atom is -0.294 e. The van der Waals surface area contributed by atoms with Crippen molar-refractivity contribution in [2.75, 3.05) is 0 Å². The van der Waals surface area contributed by atoms with Gasteiger partial charge in [0, 0.05) is 17.0 Å². The predicted octanol–water partition coefficient (Wildman–Crippen LogP) is 4.71. The van der Waals surface area contributed by atoms with E-state index in [-0.39, 0.29) is 23.4 Å². The largest absolute Gasteiger partial charge is 0.294 e. The molecule has 2 rings (SSSR count). The number of halogens is 5. The number of ketones is 1. The van der Waals surface area contributed by atoms with Crippen LogP contribution in [0.2, 0.25) is 5.02 Å². The Labute approximate surface area is 123 Å². The number of benzene rings is 2. The summed E-state index contributed by atoms with van der Waals surface area (Å²) in [4.78, 5) is 11.8. The van der Waals surface area contributed by atoms with E-state index in [1.165, 1.54) is 12.1 Å². The Balaban J connectivity index is 2.11. The third-order valence-corrected chi connectivity index (χ3v) is 3.09. The highest BCUT2D eigenvalue weighted by atomic mass is 35.5. The van der Waals surface area contributed by atoms with Crippen LogP contribution in [0.25, 0.3) is 0 Å². The van der Waals surface area contributed by atoms with Crippen molar-refractivity contribution in [2.45, 2.75) is 12.8 Å². The number of hydrogen-bond donors (Lipinski definition) is 0. The minimum absolute atomic E-state index is 0.107.